The quantitative estimate of drug-likeness (QED) is 0.668. The lowest BCUT2D eigenvalue weighted by Crippen LogP contribution is -2.04. The molecule has 0 radical (unpaired) electrons. The Labute approximate surface area is 163 Å². The van der Waals surface area contributed by atoms with Crippen LogP contribution in [0.4, 0.5) is 0 Å². The van der Waals surface area contributed by atoms with Gasteiger partial charge in [-0.1, -0.05) is 24.3 Å². The van der Waals surface area contributed by atoms with Gasteiger partial charge in [0.2, 0.25) is 0 Å². The summed E-state index contributed by atoms with van der Waals surface area (Å²) in [5, 5.41) is 12.0. The van der Waals surface area contributed by atoms with E-state index in [9.17, 15) is 9.59 Å². The Morgan fingerprint density at radius 2 is 1.64 bits per heavy atom. The van der Waals surface area contributed by atoms with E-state index in [1.807, 2.05) is 54.9 Å². The van der Waals surface area contributed by atoms with E-state index in [1.165, 1.54) is 0 Å². The van der Waals surface area contributed by atoms with Gasteiger partial charge >= 0.3 is 11.9 Å². The van der Waals surface area contributed by atoms with Crippen LogP contribution in [-0.4, -0.2) is 23.7 Å². The molecule has 28 heavy (non-hydrogen) atoms. The second-order valence-corrected chi connectivity index (χ2v) is 6.22. The van der Waals surface area contributed by atoms with Gasteiger partial charge in [0, 0.05) is 12.4 Å². The molecule has 2 aromatic rings. The maximum Gasteiger partial charge on any atom is 0.338 e. The monoisotopic (exact) mass is 375 g/mol. The number of carbonyl (C=O) groups is 2. The van der Waals surface area contributed by atoms with Crippen molar-refractivity contribution in [1.82, 2.24) is 5.32 Å². The minimum absolute atomic E-state index is 0.274. The van der Waals surface area contributed by atoms with Crippen LogP contribution in [0.2, 0.25) is 0 Å². The molecule has 2 aliphatic rings. The topological polar surface area (TPSA) is 75.6 Å². The van der Waals surface area contributed by atoms with E-state index >= 15 is 0 Å². The third-order valence-corrected chi connectivity index (χ3v) is 4.36. The van der Waals surface area contributed by atoms with E-state index in [0.717, 1.165) is 22.3 Å². The van der Waals surface area contributed by atoms with E-state index in [0.29, 0.717) is 18.6 Å². The lowest BCUT2D eigenvalue weighted by molar-refractivity contribution is 0.0525. The average molecular weight is 375 g/mol. The van der Waals surface area contributed by atoms with Crippen LogP contribution in [0.25, 0.3) is 11.1 Å². The number of benzene rings is 2. The average Bonchev–Trinajstić information content (AvgIpc) is 2.86. The summed E-state index contributed by atoms with van der Waals surface area (Å²) < 4.78 is 5.00. The third-order valence-electron chi connectivity index (χ3n) is 4.36. The second kappa shape index (κ2) is 8.86. The number of carboxylic acids is 1. The fraction of sp³-hybridized carbons (Fsp3) is 0.130. The zero-order valence-corrected chi connectivity index (χ0v) is 15.5. The zero-order chi connectivity index (χ0) is 19.9. The standard InChI is InChI=1S/C17H14O4.C6H7N/c1-2-21-17(20)12-5-6-14-13(8-12)7-10-3-4-11(16(18)19)9-15(10)14;1-2-4-6-7-5-3-1/h3-6,8-9H,2,7H2,1H3,(H,18,19);1-7H. The Kier molecular flexibility index (Phi) is 6.07. The molecule has 5 nitrogen and oxygen atoms in total. The molecule has 4 rings (SSSR count). The Balaban J connectivity index is 0.000000271. The normalized spacial score (nSPS) is 12.8. The van der Waals surface area contributed by atoms with Crippen molar-refractivity contribution < 1.29 is 19.4 Å². The van der Waals surface area contributed by atoms with Crippen molar-refractivity contribution in [2.24, 2.45) is 0 Å². The summed E-state index contributed by atoms with van der Waals surface area (Å²) in [5.41, 5.74) is 4.83. The van der Waals surface area contributed by atoms with Gasteiger partial charge in [-0.15, -0.1) is 0 Å². The number of hydrogen-bond acceptors (Lipinski definition) is 4. The van der Waals surface area contributed by atoms with Crippen LogP contribution < -0.4 is 5.32 Å². The first-order valence-corrected chi connectivity index (χ1v) is 9.01. The van der Waals surface area contributed by atoms with Gasteiger partial charge in [-0.05, 0) is 72.0 Å². The molecule has 2 aromatic carbocycles. The molecule has 0 aromatic heterocycles. The largest absolute Gasteiger partial charge is 0.478 e. The molecule has 142 valence electrons. The molecule has 2 N–H and O–H groups in total. The van der Waals surface area contributed by atoms with Gasteiger partial charge in [0.1, 0.15) is 0 Å². The van der Waals surface area contributed by atoms with E-state index in [4.69, 9.17) is 9.84 Å². The first-order chi connectivity index (χ1) is 13.6. The molecule has 0 saturated heterocycles. The number of carboxylic acid groups (broad SMARTS) is 1. The molecule has 5 heteroatoms. The van der Waals surface area contributed by atoms with Crippen LogP contribution in [-0.2, 0) is 11.2 Å². The Morgan fingerprint density at radius 3 is 2.32 bits per heavy atom. The lowest BCUT2D eigenvalue weighted by atomic mass is 10.0. The number of nitrogens with one attached hydrogen (secondary N) is 1. The van der Waals surface area contributed by atoms with Crippen molar-refractivity contribution in [3.8, 4) is 11.1 Å². The fourth-order valence-corrected chi connectivity index (χ4v) is 3.07. The van der Waals surface area contributed by atoms with Gasteiger partial charge in [0.15, 0.2) is 0 Å². The van der Waals surface area contributed by atoms with E-state index in [-0.39, 0.29) is 11.5 Å². The maximum atomic E-state index is 11.8. The molecule has 0 unspecified atom stereocenters. The van der Waals surface area contributed by atoms with Crippen molar-refractivity contribution in [2.45, 2.75) is 13.3 Å². The van der Waals surface area contributed by atoms with Gasteiger partial charge in [0.25, 0.3) is 0 Å². The van der Waals surface area contributed by atoms with Crippen molar-refractivity contribution in [3.63, 3.8) is 0 Å². The molecular weight excluding hydrogens is 354 g/mol. The minimum atomic E-state index is -0.936. The lowest BCUT2D eigenvalue weighted by Gasteiger charge is -2.05. The molecule has 1 aliphatic heterocycles. The van der Waals surface area contributed by atoms with Crippen LogP contribution in [0, 0.1) is 0 Å². The van der Waals surface area contributed by atoms with Gasteiger partial charge in [-0.3, -0.25) is 0 Å². The maximum absolute atomic E-state index is 11.8. The summed E-state index contributed by atoms with van der Waals surface area (Å²) in [4.78, 5) is 22.8. The highest BCUT2D eigenvalue weighted by atomic mass is 16.5. The van der Waals surface area contributed by atoms with Crippen molar-refractivity contribution in [3.05, 3.63) is 95.4 Å². The highest BCUT2D eigenvalue weighted by molar-refractivity contribution is 5.93. The summed E-state index contributed by atoms with van der Waals surface area (Å²) in [6.07, 6.45) is 12.3. The smallest absolute Gasteiger partial charge is 0.338 e. The minimum Gasteiger partial charge on any atom is -0.478 e. The van der Waals surface area contributed by atoms with Crippen LogP contribution in [0.3, 0.4) is 0 Å². The molecular formula is C23H21NO4. The first kappa shape index (κ1) is 19.2. The number of esters is 1. The van der Waals surface area contributed by atoms with Crippen molar-refractivity contribution >= 4 is 11.9 Å². The Morgan fingerprint density at radius 1 is 0.929 bits per heavy atom. The summed E-state index contributed by atoms with van der Waals surface area (Å²) in [6.45, 7) is 2.12. The number of ether oxygens (including phenoxy) is 1. The highest BCUT2D eigenvalue weighted by Gasteiger charge is 2.21. The number of rotatable bonds is 3. The van der Waals surface area contributed by atoms with E-state index in [2.05, 4.69) is 5.32 Å². The molecule has 0 fully saturated rings. The van der Waals surface area contributed by atoms with Crippen LogP contribution in [0.5, 0.6) is 0 Å². The predicted octanol–water partition coefficient (Wildman–Crippen LogP) is 4.31. The fourth-order valence-electron chi connectivity index (χ4n) is 3.07. The number of fused-ring (bicyclic) bond motifs is 3. The molecule has 1 aliphatic carbocycles. The van der Waals surface area contributed by atoms with Crippen molar-refractivity contribution in [2.75, 3.05) is 6.61 Å². The summed E-state index contributed by atoms with van der Waals surface area (Å²) in [5.74, 6) is -1.27. The van der Waals surface area contributed by atoms with E-state index < -0.39 is 5.97 Å². The van der Waals surface area contributed by atoms with Gasteiger partial charge in [-0.2, -0.15) is 0 Å². The SMILES string of the molecule is C1=CC=CNC=C1.CCOC(=O)c1ccc2c(c1)Cc1ccc(C(=O)O)cc1-2. The number of aromatic carboxylic acids is 1. The highest BCUT2D eigenvalue weighted by Crippen LogP contribution is 2.37. The molecule has 0 atom stereocenters. The second-order valence-electron chi connectivity index (χ2n) is 6.22. The Hall–Kier alpha value is -3.60. The van der Waals surface area contributed by atoms with Gasteiger partial charge in [-0.25, -0.2) is 9.59 Å². The molecule has 1 heterocycles. The van der Waals surface area contributed by atoms with Crippen molar-refractivity contribution in [1.29, 1.82) is 0 Å². The molecule has 0 saturated carbocycles. The van der Waals surface area contributed by atoms with Gasteiger partial charge in [0.05, 0.1) is 17.7 Å². The van der Waals surface area contributed by atoms with E-state index in [1.54, 1.807) is 25.1 Å². The molecule has 0 spiro atoms. The zero-order valence-electron chi connectivity index (χ0n) is 15.5. The predicted molar refractivity (Wildman–Crippen MR) is 108 cm³/mol. The Bertz CT molecular complexity index is 972. The summed E-state index contributed by atoms with van der Waals surface area (Å²) in [6, 6.07) is 10.5. The van der Waals surface area contributed by atoms with Crippen LogP contribution in [0.15, 0.2) is 73.1 Å². The van der Waals surface area contributed by atoms with Crippen LogP contribution in [0.1, 0.15) is 38.8 Å². The summed E-state index contributed by atoms with van der Waals surface area (Å²) >= 11 is 0. The molecule has 0 bridgehead atoms. The first-order valence-electron chi connectivity index (χ1n) is 9.01. The number of allylic oxidation sites excluding steroid dienone is 4. The summed E-state index contributed by atoms with van der Waals surface area (Å²) in [7, 11) is 0. The third kappa shape index (κ3) is 4.38. The number of hydrogen-bond donors (Lipinski definition) is 2. The molecule has 0 amide bonds. The van der Waals surface area contributed by atoms with Gasteiger partial charge < -0.3 is 15.2 Å². The number of carbonyl (C=O) groups excluding carboxylic acids is 1. The van der Waals surface area contributed by atoms with Crippen LogP contribution >= 0.6 is 0 Å².